The highest BCUT2D eigenvalue weighted by Gasteiger charge is 2.17. The van der Waals surface area contributed by atoms with Gasteiger partial charge in [-0.15, -0.1) is 0 Å². The van der Waals surface area contributed by atoms with Crippen LogP contribution in [0.1, 0.15) is 22.8 Å². The molecule has 1 aliphatic rings. The zero-order valence-electron chi connectivity index (χ0n) is 11.1. The lowest BCUT2D eigenvalue weighted by molar-refractivity contribution is 0.0732. The number of rotatable bonds is 3. The fourth-order valence-corrected chi connectivity index (χ4v) is 2.08. The lowest BCUT2D eigenvalue weighted by Crippen LogP contribution is -2.09. The summed E-state index contributed by atoms with van der Waals surface area (Å²) in [5, 5.41) is 0. The van der Waals surface area contributed by atoms with Crippen molar-refractivity contribution in [2.24, 2.45) is 0 Å². The van der Waals surface area contributed by atoms with Crippen molar-refractivity contribution in [3.63, 3.8) is 0 Å². The molecule has 0 unspecified atom stereocenters. The minimum absolute atomic E-state index is 0.187. The molecule has 0 aliphatic carbocycles. The molecule has 0 aromatic heterocycles. The molecule has 0 radical (unpaired) electrons. The van der Waals surface area contributed by atoms with Crippen molar-refractivity contribution in [2.75, 3.05) is 6.79 Å². The molecule has 1 aliphatic heterocycles. The Morgan fingerprint density at radius 2 is 1.95 bits per heavy atom. The van der Waals surface area contributed by atoms with E-state index in [0.29, 0.717) is 22.8 Å². The van der Waals surface area contributed by atoms with Gasteiger partial charge in [0.2, 0.25) is 6.79 Å². The molecule has 0 amide bonds. The average molecular weight is 270 g/mol. The first kappa shape index (κ1) is 12.5. The highest BCUT2D eigenvalue weighted by molar-refractivity contribution is 5.92. The van der Waals surface area contributed by atoms with Crippen LogP contribution in [0.5, 0.6) is 17.2 Å². The van der Waals surface area contributed by atoms with Gasteiger partial charge in [-0.2, -0.15) is 0 Å². The maximum Gasteiger partial charge on any atom is 0.343 e. The van der Waals surface area contributed by atoms with E-state index in [4.69, 9.17) is 14.2 Å². The molecule has 2 aromatic carbocycles. The molecule has 0 saturated carbocycles. The predicted octanol–water partition coefficient (Wildman–Crippen LogP) is 3.20. The van der Waals surface area contributed by atoms with Gasteiger partial charge in [-0.05, 0) is 36.2 Å². The van der Waals surface area contributed by atoms with Crippen LogP contribution >= 0.6 is 0 Å². The van der Waals surface area contributed by atoms with Crippen LogP contribution in [0.25, 0.3) is 0 Å². The Labute approximate surface area is 116 Å². The van der Waals surface area contributed by atoms with Crippen LogP contribution in [0, 0.1) is 0 Å². The minimum atomic E-state index is -0.399. The highest BCUT2D eigenvalue weighted by atomic mass is 16.7. The monoisotopic (exact) mass is 270 g/mol. The molecule has 0 atom stereocenters. The SMILES string of the molecule is CCc1ccccc1OC(=O)c1ccc2c(c1)OCO2. The van der Waals surface area contributed by atoms with Crippen molar-refractivity contribution in [3.8, 4) is 17.2 Å². The standard InChI is InChI=1S/C16H14O4/c1-2-11-5-3-4-6-13(11)20-16(17)12-7-8-14-15(9-12)19-10-18-14/h3-9H,2,10H2,1H3. The van der Waals surface area contributed by atoms with E-state index in [2.05, 4.69) is 0 Å². The van der Waals surface area contributed by atoms with Crippen LogP contribution in [0.15, 0.2) is 42.5 Å². The van der Waals surface area contributed by atoms with Crippen molar-refractivity contribution in [1.29, 1.82) is 0 Å². The lowest BCUT2D eigenvalue weighted by atomic mass is 10.1. The average Bonchev–Trinajstić information content (AvgIpc) is 2.95. The lowest BCUT2D eigenvalue weighted by Gasteiger charge is -2.08. The predicted molar refractivity (Wildman–Crippen MR) is 73.3 cm³/mol. The number of hydrogen-bond donors (Lipinski definition) is 0. The van der Waals surface area contributed by atoms with E-state index in [1.54, 1.807) is 24.3 Å². The van der Waals surface area contributed by atoms with Crippen molar-refractivity contribution in [3.05, 3.63) is 53.6 Å². The Kier molecular flexibility index (Phi) is 3.29. The van der Waals surface area contributed by atoms with Gasteiger partial charge in [0.05, 0.1) is 5.56 Å². The van der Waals surface area contributed by atoms with Crippen molar-refractivity contribution < 1.29 is 19.0 Å². The molecule has 20 heavy (non-hydrogen) atoms. The summed E-state index contributed by atoms with van der Waals surface area (Å²) >= 11 is 0. The third-order valence-electron chi connectivity index (χ3n) is 3.16. The number of carbonyl (C=O) groups excluding carboxylic acids is 1. The number of para-hydroxylation sites is 1. The molecule has 3 rings (SSSR count). The topological polar surface area (TPSA) is 44.8 Å². The summed E-state index contributed by atoms with van der Waals surface area (Å²) in [5.41, 5.74) is 1.45. The van der Waals surface area contributed by atoms with E-state index >= 15 is 0 Å². The third kappa shape index (κ3) is 2.32. The zero-order valence-corrected chi connectivity index (χ0v) is 11.1. The van der Waals surface area contributed by atoms with Crippen LogP contribution in [0.2, 0.25) is 0 Å². The first-order valence-corrected chi connectivity index (χ1v) is 6.47. The van der Waals surface area contributed by atoms with Crippen LogP contribution < -0.4 is 14.2 Å². The van der Waals surface area contributed by atoms with E-state index in [1.165, 1.54) is 0 Å². The number of hydrogen-bond acceptors (Lipinski definition) is 4. The Bertz CT molecular complexity index is 649. The molecule has 0 spiro atoms. The Morgan fingerprint density at radius 3 is 2.80 bits per heavy atom. The largest absolute Gasteiger partial charge is 0.454 e. The first-order valence-electron chi connectivity index (χ1n) is 6.47. The molecule has 0 fully saturated rings. The van der Waals surface area contributed by atoms with Crippen molar-refractivity contribution in [1.82, 2.24) is 0 Å². The smallest absolute Gasteiger partial charge is 0.343 e. The maximum absolute atomic E-state index is 12.2. The molecule has 4 heteroatoms. The Balaban J connectivity index is 1.83. The van der Waals surface area contributed by atoms with Crippen LogP contribution in [-0.2, 0) is 6.42 Å². The van der Waals surface area contributed by atoms with Gasteiger partial charge in [0.1, 0.15) is 5.75 Å². The Hall–Kier alpha value is -2.49. The van der Waals surface area contributed by atoms with Gasteiger partial charge in [0, 0.05) is 0 Å². The summed E-state index contributed by atoms with van der Waals surface area (Å²) in [6, 6.07) is 12.5. The van der Waals surface area contributed by atoms with Gasteiger partial charge in [0.25, 0.3) is 0 Å². The Morgan fingerprint density at radius 1 is 1.15 bits per heavy atom. The summed E-state index contributed by atoms with van der Waals surface area (Å²) in [5.74, 6) is 1.42. The number of ether oxygens (including phenoxy) is 3. The van der Waals surface area contributed by atoms with Gasteiger partial charge in [-0.1, -0.05) is 25.1 Å². The van der Waals surface area contributed by atoms with Gasteiger partial charge in [-0.25, -0.2) is 4.79 Å². The number of fused-ring (bicyclic) bond motifs is 1. The maximum atomic E-state index is 12.2. The summed E-state index contributed by atoms with van der Waals surface area (Å²) < 4.78 is 15.9. The number of esters is 1. The summed E-state index contributed by atoms with van der Waals surface area (Å²) in [7, 11) is 0. The van der Waals surface area contributed by atoms with E-state index in [1.807, 2.05) is 25.1 Å². The zero-order chi connectivity index (χ0) is 13.9. The highest BCUT2D eigenvalue weighted by Crippen LogP contribution is 2.32. The third-order valence-corrected chi connectivity index (χ3v) is 3.16. The number of benzene rings is 2. The molecular formula is C16H14O4. The molecule has 0 N–H and O–H groups in total. The van der Waals surface area contributed by atoms with Gasteiger partial charge in [0.15, 0.2) is 11.5 Å². The van der Waals surface area contributed by atoms with Crippen molar-refractivity contribution in [2.45, 2.75) is 13.3 Å². The first-order chi connectivity index (χ1) is 9.78. The number of carbonyl (C=O) groups is 1. The molecule has 1 heterocycles. The molecule has 102 valence electrons. The van der Waals surface area contributed by atoms with E-state index in [-0.39, 0.29) is 6.79 Å². The quantitative estimate of drug-likeness (QED) is 0.634. The summed E-state index contributed by atoms with van der Waals surface area (Å²) in [6.07, 6.45) is 0.810. The van der Waals surface area contributed by atoms with E-state index < -0.39 is 5.97 Å². The fourth-order valence-electron chi connectivity index (χ4n) is 2.08. The van der Waals surface area contributed by atoms with Crippen LogP contribution in [0.4, 0.5) is 0 Å². The van der Waals surface area contributed by atoms with Gasteiger partial charge >= 0.3 is 5.97 Å². The fraction of sp³-hybridized carbons (Fsp3) is 0.188. The normalized spacial score (nSPS) is 12.2. The molecule has 0 bridgehead atoms. The van der Waals surface area contributed by atoms with Crippen molar-refractivity contribution >= 4 is 5.97 Å². The minimum Gasteiger partial charge on any atom is -0.454 e. The van der Waals surface area contributed by atoms with Crippen LogP contribution in [-0.4, -0.2) is 12.8 Å². The second-order valence-corrected chi connectivity index (χ2v) is 4.42. The van der Waals surface area contributed by atoms with Gasteiger partial charge < -0.3 is 14.2 Å². The number of aryl methyl sites for hydroxylation is 1. The van der Waals surface area contributed by atoms with E-state index in [9.17, 15) is 4.79 Å². The summed E-state index contributed by atoms with van der Waals surface area (Å²) in [6.45, 7) is 2.21. The second-order valence-electron chi connectivity index (χ2n) is 4.42. The van der Waals surface area contributed by atoms with Crippen LogP contribution in [0.3, 0.4) is 0 Å². The van der Waals surface area contributed by atoms with Gasteiger partial charge in [-0.3, -0.25) is 0 Å². The molecule has 0 saturated heterocycles. The van der Waals surface area contributed by atoms with E-state index in [0.717, 1.165) is 12.0 Å². The molecule has 2 aromatic rings. The second kappa shape index (κ2) is 5.25. The molecule has 4 nitrogen and oxygen atoms in total. The summed E-state index contributed by atoms with van der Waals surface area (Å²) in [4.78, 5) is 12.2. The molecular weight excluding hydrogens is 256 g/mol.